The van der Waals surface area contributed by atoms with Crippen molar-refractivity contribution in [1.82, 2.24) is 9.97 Å². The van der Waals surface area contributed by atoms with Crippen molar-refractivity contribution in [2.24, 2.45) is 0 Å². The van der Waals surface area contributed by atoms with Crippen molar-refractivity contribution in [1.29, 1.82) is 0 Å². The number of H-pyrrole nitrogens is 1. The molecule has 0 bridgehead atoms. The molecule has 12 nitrogen and oxygen atoms in total. The van der Waals surface area contributed by atoms with Crippen LogP contribution in [0.5, 0.6) is 5.75 Å². The Morgan fingerprint density at radius 1 is 0.795 bits per heavy atom. The van der Waals surface area contributed by atoms with E-state index in [9.17, 15) is 19.5 Å². The first-order valence-electron chi connectivity index (χ1n) is 11.4. The summed E-state index contributed by atoms with van der Waals surface area (Å²) in [6.45, 7) is 0. The average Bonchev–Trinajstić information content (AvgIpc) is 3.53. The molecule has 44 heavy (non-hydrogen) atoms. The molecule has 0 aliphatic carbocycles. The van der Waals surface area contributed by atoms with Gasteiger partial charge in [0.2, 0.25) is 0 Å². The van der Waals surface area contributed by atoms with Gasteiger partial charge in [0.1, 0.15) is 11.3 Å². The molecule has 0 unspecified atom stereocenters. The smallest absolute Gasteiger partial charge is 0.340 e. The number of halogens is 4. The second kappa shape index (κ2) is 15.7. The number of anilines is 1. The molecule has 3 radical (unpaired) electrons. The number of rotatable bonds is 3. The van der Waals surface area contributed by atoms with Crippen molar-refractivity contribution in [3.63, 3.8) is 0 Å². The number of nitrogens with one attached hydrogen (secondary N) is 1. The zero-order valence-corrected chi connectivity index (χ0v) is 26.5. The lowest BCUT2D eigenvalue weighted by Gasteiger charge is -2.05. The number of phenolic OH excluding ortho intramolecular Hbond substituents is 1. The van der Waals surface area contributed by atoms with Crippen LogP contribution in [0.25, 0.3) is 22.2 Å². The topological polar surface area (TPSA) is 180 Å². The summed E-state index contributed by atoms with van der Waals surface area (Å²) in [7, 11) is 3.79. The summed E-state index contributed by atoms with van der Waals surface area (Å²) in [6.07, 6.45) is 0. The lowest BCUT2D eigenvalue weighted by Crippen LogP contribution is -2.05. The van der Waals surface area contributed by atoms with E-state index >= 15 is 0 Å². The number of hydrogen-bond donors (Lipinski definition) is 3. The van der Waals surface area contributed by atoms with E-state index in [0.29, 0.717) is 37.8 Å². The number of benzene rings is 3. The van der Waals surface area contributed by atoms with Gasteiger partial charge in [-0.25, -0.2) is 14.4 Å². The molecule has 0 atom stereocenters. The predicted octanol–water partition coefficient (Wildman–Crippen LogP) is 6.89. The molecule has 229 valence electrons. The quantitative estimate of drug-likeness (QED) is 0.0444. The maximum absolute atomic E-state index is 11.4. The van der Waals surface area contributed by atoms with E-state index < -0.39 is 17.9 Å². The summed E-state index contributed by atoms with van der Waals surface area (Å²) in [5.41, 5.74) is 7.62. The van der Waals surface area contributed by atoms with E-state index in [0.717, 1.165) is 0 Å². The summed E-state index contributed by atoms with van der Waals surface area (Å²) in [5.74, 6) is -1.88. The van der Waals surface area contributed by atoms with Crippen molar-refractivity contribution < 1.29 is 42.5 Å². The molecule has 3 aromatic carbocycles. The van der Waals surface area contributed by atoms with Crippen LogP contribution in [0.3, 0.4) is 0 Å². The molecule has 0 aliphatic heterocycles. The number of phenols is 1. The third-order valence-electron chi connectivity index (χ3n) is 5.27. The average molecular weight is 702 g/mol. The van der Waals surface area contributed by atoms with Gasteiger partial charge in [0, 0.05) is 41.7 Å². The SMILES string of the molecule is COC(=O)c1cc(Cl)cc(O)c1N.COC(=O)c1cc(Cl)cc2oc(=S)[nH]c12.COC(=O)c1cc(Cl)cc2oc(Cl)nc12.[B]. The minimum absolute atomic E-state index is 0. The van der Waals surface area contributed by atoms with Crippen LogP contribution in [0, 0.1) is 4.84 Å². The monoisotopic (exact) mass is 700 g/mol. The molecule has 0 spiro atoms. The van der Waals surface area contributed by atoms with E-state index in [1.165, 1.54) is 51.7 Å². The first-order valence-corrected chi connectivity index (χ1v) is 13.3. The molecule has 4 N–H and O–H groups in total. The van der Waals surface area contributed by atoms with Gasteiger partial charge in [0.25, 0.3) is 10.2 Å². The highest BCUT2D eigenvalue weighted by Crippen LogP contribution is 2.29. The van der Waals surface area contributed by atoms with Crippen LogP contribution in [0.2, 0.25) is 20.4 Å². The Morgan fingerprint density at radius 2 is 1.27 bits per heavy atom. The summed E-state index contributed by atoms with van der Waals surface area (Å²) in [5, 5.41) is 10.1. The second-order valence-corrected chi connectivity index (χ2v) is 9.97. The van der Waals surface area contributed by atoms with Gasteiger partial charge in [-0.3, -0.25) is 0 Å². The van der Waals surface area contributed by atoms with E-state index in [2.05, 4.69) is 24.2 Å². The number of aromatic hydroxyl groups is 1. The fraction of sp³-hybridized carbons (Fsp3) is 0.115. The number of fused-ring (bicyclic) bond motifs is 2. The number of aromatic nitrogens is 2. The Labute approximate surface area is 275 Å². The molecular weight excluding hydrogens is 683 g/mol. The first kappa shape index (κ1) is 36.2. The van der Waals surface area contributed by atoms with Crippen LogP contribution in [0.15, 0.2) is 45.2 Å². The number of hydrogen-bond acceptors (Lipinski definition) is 12. The second-order valence-electron chi connectivity index (χ2n) is 7.97. The largest absolute Gasteiger partial charge is 0.506 e. The van der Waals surface area contributed by atoms with Gasteiger partial charge >= 0.3 is 17.9 Å². The molecule has 0 amide bonds. The number of nitrogens with two attached hydrogens (primary N) is 1. The maximum atomic E-state index is 11.4. The van der Waals surface area contributed by atoms with Crippen LogP contribution in [0.4, 0.5) is 5.69 Å². The highest BCUT2D eigenvalue weighted by Gasteiger charge is 2.17. The summed E-state index contributed by atoms with van der Waals surface area (Å²) < 4.78 is 23.8. The fourth-order valence-corrected chi connectivity index (χ4v) is 4.39. The number of aromatic amines is 1. The van der Waals surface area contributed by atoms with E-state index in [1.54, 1.807) is 6.07 Å². The third kappa shape index (κ3) is 8.58. The van der Waals surface area contributed by atoms with Crippen molar-refractivity contribution in [2.45, 2.75) is 0 Å². The number of oxazole rings is 2. The molecule has 0 fully saturated rings. The third-order valence-corrected chi connectivity index (χ3v) is 6.27. The van der Waals surface area contributed by atoms with Crippen LogP contribution in [-0.2, 0) is 14.2 Å². The van der Waals surface area contributed by atoms with Crippen LogP contribution >= 0.6 is 58.6 Å². The molecule has 18 heteroatoms. The van der Waals surface area contributed by atoms with Gasteiger partial charge in [0.05, 0.1) is 49.2 Å². The van der Waals surface area contributed by atoms with Crippen molar-refractivity contribution in [3.8, 4) is 5.75 Å². The summed E-state index contributed by atoms with van der Waals surface area (Å²) >= 11 is 27.6. The van der Waals surface area contributed by atoms with Crippen molar-refractivity contribution in [2.75, 3.05) is 27.1 Å². The highest BCUT2D eigenvalue weighted by atomic mass is 35.5. The molecule has 5 rings (SSSR count). The van der Waals surface area contributed by atoms with E-state index in [-0.39, 0.29) is 46.2 Å². The molecular formula is C26H19BCl4N3O9S. The molecule has 0 saturated heterocycles. The minimum Gasteiger partial charge on any atom is -0.506 e. The Balaban J connectivity index is 0.000000228. The Bertz CT molecular complexity index is 1910. The van der Waals surface area contributed by atoms with Gasteiger partial charge in [-0.1, -0.05) is 34.8 Å². The Hall–Kier alpha value is -3.95. The number of methoxy groups -OCH3 is 3. The van der Waals surface area contributed by atoms with Crippen LogP contribution < -0.4 is 5.73 Å². The number of nitrogens with zero attached hydrogens (tertiary/aromatic N) is 1. The summed E-state index contributed by atoms with van der Waals surface area (Å²) in [4.78, 5) is 40.7. The summed E-state index contributed by atoms with van der Waals surface area (Å²) in [6, 6.07) is 8.65. The number of esters is 3. The molecule has 0 saturated carbocycles. The van der Waals surface area contributed by atoms with Crippen molar-refractivity contribution >= 4 is 113 Å². The van der Waals surface area contributed by atoms with Crippen molar-refractivity contribution in [3.05, 3.63) is 78.3 Å². The van der Waals surface area contributed by atoms with Crippen LogP contribution in [-0.4, -0.2) is 62.7 Å². The zero-order chi connectivity index (χ0) is 32.0. The Morgan fingerprint density at radius 3 is 1.86 bits per heavy atom. The van der Waals surface area contributed by atoms with E-state index in [4.69, 9.17) is 73.2 Å². The molecule has 0 aliphatic rings. The molecule has 2 aromatic heterocycles. The Kier molecular flexibility index (Phi) is 12.9. The van der Waals surface area contributed by atoms with Gasteiger partial charge in [-0.15, -0.1) is 0 Å². The first-order chi connectivity index (χ1) is 20.3. The minimum atomic E-state index is -0.629. The normalized spacial score (nSPS) is 10.1. The fourth-order valence-electron chi connectivity index (χ4n) is 3.41. The van der Waals surface area contributed by atoms with E-state index in [1.807, 2.05) is 0 Å². The maximum Gasteiger partial charge on any atom is 0.340 e. The highest BCUT2D eigenvalue weighted by molar-refractivity contribution is 7.71. The zero-order valence-electron chi connectivity index (χ0n) is 22.7. The van der Waals surface area contributed by atoms with Gasteiger partial charge in [-0.2, -0.15) is 4.98 Å². The van der Waals surface area contributed by atoms with Gasteiger partial charge < -0.3 is 38.9 Å². The number of carbonyl (C=O) groups is 3. The molecule has 2 heterocycles. The lowest BCUT2D eigenvalue weighted by atomic mass is 10.1. The van der Waals surface area contributed by atoms with Crippen LogP contribution in [0.1, 0.15) is 31.1 Å². The number of nitrogen functional groups attached to an aromatic ring is 1. The number of ether oxygens (including phenoxy) is 3. The lowest BCUT2D eigenvalue weighted by molar-refractivity contribution is 0.0593. The predicted molar refractivity (Wildman–Crippen MR) is 168 cm³/mol. The number of carbonyl (C=O) groups excluding carboxylic acids is 3. The van der Waals surface area contributed by atoms with Gasteiger partial charge in [-0.05, 0) is 42.0 Å². The standard InChI is InChI=1S/C9H5Cl2NO3.C9H6ClNO3S.C8H8ClNO3.B/c1-14-8(13)5-2-4(10)3-6-7(5)12-9(11)15-6;1-13-8(12)5-2-4(10)3-6-7(5)11-9(15)14-6;1-13-8(12)5-2-4(9)3-6(11)7(5)10;/h2-3H,1H3;2-3H,1H3,(H,11,15);2-3,11H,10H2,1H3;. The molecule has 5 aromatic rings. The van der Waals surface area contributed by atoms with Gasteiger partial charge in [0.15, 0.2) is 11.2 Å².